The van der Waals surface area contributed by atoms with Crippen LogP contribution in [0.25, 0.3) is 6.08 Å². The molecule has 0 unspecified atom stereocenters. The van der Waals surface area contributed by atoms with E-state index in [4.69, 9.17) is 9.84 Å². The largest absolute Gasteiger partial charge is 0.494 e. The molecule has 0 aliphatic carbocycles. The van der Waals surface area contributed by atoms with Crippen LogP contribution in [0.3, 0.4) is 0 Å². The zero-order valence-corrected chi connectivity index (χ0v) is 14.3. The third-order valence-electron chi connectivity index (χ3n) is 3.49. The molecule has 5 nitrogen and oxygen atoms in total. The van der Waals surface area contributed by atoms with Crippen molar-refractivity contribution in [3.63, 3.8) is 0 Å². The SMILES string of the molecule is O=C(O)CCCOc1ccc(C(=O)C=Cc2ccccc2OC(F)F)cc1. The highest BCUT2D eigenvalue weighted by Gasteiger charge is 2.08. The predicted molar refractivity (Wildman–Crippen MR) is 95.2 cm³/mol. The number of hydrogen-bond acceptors (Lipinski definition) is 4. The Morgan fingerprint density at radius 2 is 1.78 bits per heavy atom. The van der Waals surface area contributed by atoms with Gasteiger partial charge in [-0.25, -0.2) is 0 Å². The first kappa shape index (κ1) is 20.1. The van der Waals surface area contributed by atoms with E-state index < -0.39 is 12.6 Å². The van der Waals surface area contributed by atoms with Gasteiger partial charge in [0.05, 0.1) is 6.61 Å². The summed E-state index contributed by atoms with van der Waals surface area (Å²) < 4.78 is 34.6. The van der Waals surface area contributed by atoms with Gasteiger partial charge in [-0.2, -0.15) is 8.78 Å². The van der Waals surface area contributed by atoms with Crippen molar-refractivity contribution >= 4 is 17.8 Å². The molecule has 1 N–H and O–H groups in total. The van der Waals surface area contributed by atoms with Gasteiger partial charge in [0.15, 0.2) is 5.78 Å². The van der Waals surface area contributed by atoms with Crippen molar-refractivity contribution in [3.8, 4) is 11.5 Å². The lowest BCUT2D eigenvalue weighted by atomic mass is 10.1. The number of para-hydroxylation sites is 1. The smallest absolute Gasteiger partial charge is 0.387 e. The van der Waals surface area contributed by atoms with Crippen LogP contribution in [0.4, 0.5) is 8.78 Å². The Balaban J connectivity index is 1.96. The van der Waals surface area contributed by atoms with Gasteiger partial charge in [-0.15, -0.1) is 0 Å². The van der Waals surface area contributed by atoms with Crippen LogP contribution in [0.1, 0.15) is 28.8 Å². The highest BCUT2D eigenvalue weighted by molar-refractivity contribution is 6.07. The molecule has 0 saturated heterocycles. The zero-order valence-electron chi connectivity index (χ0n) is 14.3. The first-order valence-electron chi connectivity index (χ1n) is 8.16. The van der Waals surface area contributed by atoms with E-state index in [2.05, 4.69) is 4.74 Å². The number of carboxylic acid groups (broad SMARTS) is 1. The summed E-state index contributed by atoms with van der Waals surface area (Å²) in [7, 11) is 0. The van der Waals surface area contributed by atoms with Gasteiger partial charge in [-0.1, -0.05) is 18.2 Å². The first-order valence-corrected chi connectivity index (χ1v) is 8.16. The van der Waals surface area contributed by atoms with E-state index >= 15 is 0 Å². The van der Waals surface area contributed by atoms with Crippen molar-refractivity contribution in [2.24, 2.45) is 0 Å². The maximum absolute atomic E-state index is 12.4. The van der Waals surface area contributed by atoms with E-state index in [1.807, 2.05) is 0 Å². The van der Waals surface area contributed by atoms with Crippen LogP contribution in [0.2, 0.25) is 0 Å². The van der Waals surface area contributed by atoms with Crippen molar-refractivity contribution in [3.05, 3.63) is 65.7 Å². The lowest BCUT2D eigenvalue weighted by Crippen LogP contribution is -2.03. The third kappa shape index (κ3) is 6.89. The van der Waals surface area contributed by atoms with E-state index in [9.17, 15) is 18.4 Å². The van der Waals surface area contributed by atoms with E-state index in [-0.39, 0.29) is 24.6 Å². The summed E-state index contributed by atoms with van der Waals surface area (Å²) in [5, 5.41) is 8.56. The molecule has 27 heavy (non-hydrogen) atoms. The van der Waals surface area contributed by atoms with Crippen LogP contribution >= 0.6 is 0 Å². The van der Waals surface area contributed by atoms with Crippen molar-refractivity contribution < 1.29 is 33.0 Å². The summed E-state index contributed by atoms with van der Waals surface area (Å²) in [4.78, 5) is 22.6. The number of carboxylic acids is 1. The molecule has 2 rings (SSSR count). The number of allylic oxidation sites excluding steroid dienone is 1. The molecule has 7 heteroatoms. The Labute approximate surface area is 154 Å². The maximum atomic E-state index is 12.4. The molecule has 0 fully saturated rings. The van der Waals surface area contributed by atoms with Crippen LogP contribution in [-0.2, 0) is 4.79 Å². The van der Waals surface area contributed by atoms with E-state index in [0.29, 0.717) is 23.3 Å². The van der Waals surface area contributed by atoms with Crippen LogP contribution < -0.4 is 9.47 Å². The number of ether oxygens (including phenoxy) is 2. The number of ketones is 1. The minimum Gasteiger partial charge on any atom is -0.494 e. The van der Waals surface area contributed by atoms with Gasteiger partial charge in [-0.05, 0) is 48.9 Å². The molecular formula is C20H18F2O5. The summed E-state index contributed by atoms with van der Waals surface area (Å²) >= 11 is 0. The second-order valence-electron chi connectivity index (χ2n) is 5.48. The summed E-state index contributed by atoms with van der Waals surface area (Å²) in [5.74, 6) is -0.676. The highest BCUT2D eigenvalue weighted by atomic mass is 19.3. The predicted octanol–water partition coefficient (Wildman–Crippen LogP) is 4.43. The second kappa shape index (κ2) is 10.1. The number of halogens is 2. The van der Waals surface area contributed by atoms with Gasteiger partial charge in [0.1, 0.15) is 11.5 Å². The van der Waals surface area contributed by atoms with Gasteiger partial charge in [0.25, 0.3) is 0 Å². The van der Waals surface area contributed by atoms with Crippen LogP contribution in [0.5, 0.6) is 11.5 Å². The van der Waals surface area contributed by atoms with E-state index in [1.54, 1.807) is 42.5 Å². The van der Waals surface area contributed by atoms with Crippen molar-refractivity contribution in [2.75, 3.05) is 6.61 Å². The topological polar surface area (TPSA) is 72.8 Å². The molecule has 0 aliphatic rings. The molecule has 0 radical (unpaired) electrons. The molecule has 0 atom stereocenters. The van der Waals surface area contributed by atoms with E-state index in [0.717, 1.165) is 0 Å². The summed E-state index contributed by atoms with van der Waals surface area (Å²) in [5.41, 5.74) is 0.765. The highest BCUT2D eigenvalue weighted by Crippen LogP contribution is 2.22. The van der Waals surface area contributed by atoms with Gasteiger partial charge >= 0.3 is 12.6 Å². The molecule has 0 aromatic heterocycles. The number of aliphatic carboxylic acids is 1. The minimum atomic E-state index is -2.95. The van der Waals surface area contributed by atoms with Crippen molar-refractivity contribution in [1.29, 1.82) is 0 Å². The first-order chi connectivity index (χ1) is 13.0. The Hall–Kier alpha value is -3.22. The molecular weight excluding hydrogens is 358 g/mol. The number of rotatable bonds is 10. The zero-order chi connectivity index (χ0) is 19.6. The number of hydrogen-bond donors (Lipinski definition) is 1. The Kier molecular flexibility index (Phi) is 7.49. The monoisotopic (exact) mass is 376 g/mol. The molecule has 142 valence electrons. The fourth-order valence-corrected chi connectivity index (χ4v) is 2.21. The molecule has 0 aliphatic heterocycles. The number of alkyl halides is 2. The normalized spacial score (nSPS) is 10.9. The molecule has 2 aromatic rings. The fraction of sp³-hybridized carbons (Fsp3) is 0.200. The van der Waals surface area contributed by atoms with Crippen LogP contribution in [0.15, 0.2) is 54.6 Å². The number of carbonyl (C=O) groups excluding carboxylic acids is 1. The molecule has 0 spiro atoms. The number of carbonyl (C=O) groups is 2. The average molecular weight is 376 g/mol. The molecule has 0 amide bonds. The Bertz CT molecular complexity index is 800. The second-order valence-corrected chi connectivity index (χ2v) is 5.48. The quantitative estimate of drug-likeness (QED) is 0.377. The molecule has 0 bridgehead atoms. The minimum absolute atomic E-state index is 0.0124. The number of benzene rings is 2. The van der Waals surface area contributed by atoms with Crippen LogP contribution in [0, 0.1) is 0 Å². The van der Waals surface area contributed by atoms with Crippen LogP contribution in [-0.4, -0.2) is 30.1 Å². The Morgan fingerprint density at radius 3 is 2.44 bits per heavy atom. The average Bonchev–Trinajstić information content (AvgIpc) is 2.64. The van der Waals surface area contributed by atoms with Gasteiger partial charge < -0.3 is 14.6 Å². The Morgan fingerprint density at radius 1 is 1.07 bits per heavy atom. The molecule has 0 saturated carbocycles. The van der Waals surface area contributed by atoms with Crippen molar-refractivity contribution in [2.45, 2.75) is 19.5 Å². The maximum Gasteiger partial charge on any atom is 0.387 e. The summed E-state index contributed by atoms with van der Waals surface area (Å²) in [6.07, 6.45) is 3.10. The van der Waals surface area contributed by atoms with E-state index in [1.165, 1.54) is 18.2 Å². The lowest BCUT2D eigenvalue weighted by Gasteiger charge is -2.07. The molecule has 0 heterocycles. The van der Waals surface area contributed by atoms with Gasteiger partial charge in [0, 0.05) is 17.5 Å². The standard InChI is InChI=1S/C20H18F2O5/c21-20(22)27-18-5-2-1-4-15(18)9-12-17(23)14-7-10-16(11-8-14)26-13-3-6-19(24)25/h1-2,4-5,7-12,20H,3,6,13H2,(H,24,25). The fourth-order valence-electron chi connectivity index (χ4n) is 2.21. The third-order valence-corrected chi connectivity index (χ3v) is 3.49. The lowest BCUT2D eigenvalue weighted by molar-refractivity contribution is -0.137. The van der Waals surface area contributed by atoms with Crippen molar-refractivity contribution in [1.82, 2.24) is 0 Å². The van der Waals surface area contributed by atoms with Gasteiger partial charge in [0.2, 0.25) is 0 Å². The van der Waals surface area contributed by atoms with Gasteiger partial charge in [-0.3, -0.25) is 9.59 Å². The molecule has 2 aromatic carbocycles. The summed E-state index contributed by atoms with van der Waals surface area (Å²) in [6.45, 7) is -2.68. The summed E-state index contributed by atoms with van der Waals surface area (Å²) in [6, 6.07) is 12.5.